The molecule has 0 fully saturated rings. The number of esters is 1. The molecule has 1 aromatic carbocycles. The summed E-state index contributed by atoms with van der Waals surface area (Å²) in [7, 11) is 0. The fourth-order valence-corrected chi connectivity index (χ4v) is 5.01. The number of carbonyl (C=O) groups is 1. The molecular formula is C22H19F2N3O4S. The Morgan fingerprint density at radius 2 is 2.06 bits per heavy atom. The largest absolute Gasteiger partial charge is 0.481 e. The van der Waals surface area contributed by atoms with Crippen LogP contribution in [-0.2, 0) is 16.1 Å². The molecule has 0 unspecified atom stereocenters. The van der Waals surface area contributed by atoms with Gasteiger partial charge >= 0.3 is 5.97 Å². The van der Waals surface area contributed by atoms with Crippen LogP contribution in [0.5, 0.6) is 5.06 Å². The van der Waals surface area contributed by atoms with Crippen molar-refractivity contribution in [3.05, 3.63) is 64.2 Å². The van der Waals surface area contributed by atoms with Crippen LogP contribution in [0, 0.1) is 11.6 Å². The molecule has 0 aliphatic carbocycles. The number of benzene rings is 1. The molecule has 7 nitrogen and oxygen atoms in total. The summed E-state index contributed by atoms with van der Waals surface area (Å²) in [6.07, 6.45) is 1.56. The van der Waals surface area contributed by atoms with Crippen LogP contribution >= 0.6 is 11.3 Å². The fourth-order valence-electron chi connectivity index (χ4n) is 3.85. The topological polar surface area (TPSA) is 74.9 Å². The van der Waals surface area contributed by atoms with Crippen LogP contribution in [0.4, 0.5) is 8.78 Å². The molecule has 0 saturated heterocycles. The average molecular weight is 459 g/mol. The molecule has 3 aromatic rings. The van der Waals surface area contributed by atoms with E-state index in [1.807, 2.05) is 0 Å². The number of ether oxygens (including phenoxy) is 3. The van der Waals surface area contributed by atoms with Gasteiger partial charge in [-0.15, -0.1) is 0 Å². The third-order valence-corrected chi connectivity index (χ3v) is 6.37. The van der Waals surface area contributed by atoms with Crippen LogP contribution in [-0.4, -0.2) is 41.1 Å². The van der Waals surface area contributed by atoms with Crippen molar-refractivity contribution < 1.29 is 27.8 Å². The van der Waals surface area contributed by atoms with Gasteiger partial charge in [-0.2, -0.15) is 0 Å². The van der Waals surface area contributed by atoms with E-state index in [1.54, 1.807) is 24.6 Å². The molecule has 0 radical (unpaired) electrons. The lowest BCUT2D eigenvalue weighted by molar-refractivity contribution is 0.0520. The van der Waals surface area contributed by atoms with Crippen molar-refractivity contribution in [1.29, 1.82) is 0 Å². The third-order valence-electron chi connectivity index (χ3n) is 5.23. The van der Waals surface area contributed by atoms with Gasteiger partial charge in [0.2, 0.25) is 0 Å². The molecule has 2 aromatic heterocycles. The van der Waals surface area contributed by atoms with Gasteiger partial charge in [-0.1, -0.05) is 17.4 Å². The zero-order valence-electron chi connectivity index (χ0n) is 17.4. The lowest BCUT2D eigenvalue weighted by Crippen LogP contribution is -2.12. The lowest BCUT2D eigenvalue weighted by atomic mass is 9.99. The Kier molecular flexibility index (Phi) is 5.26. The van der Waals surface area contributed by atoms with Gasteiger partial charge in [-0.3, -0.25) is 9.56 Å². The Bertz CT molecular complexity index is 1230. The van der Waals surface area contributed by atoms with E-state index in [4.69, 9.17) is 14.2 Å². The normalized spacial score (nSPS) is 17.2. The van der Waals surface area contributed by atoms with Gasteiger partial charge < -0.3 is 14.2 Å². The first-order valence-corrected chi connectivity index (χ1v) is 11.0. The predicted molar refractivity (Wildman–Crippen MR) is 113 cm³/mol. The number of fused-ring (bicyclic) bond motifs is 5. The van der Waals surface area contributed by atoms with Crippen molar-refractivity contribution in [2.24, 2.45) is 4.99 Å². The molecule has 2 aliphatic heterocycles. The molecule has 1 atom stereocenters. The van der Waals surface area contributed by atoms with Crippen molar-refractivity contribution in [1.82, 2.24) is 9.55 Å². The van der Waals surface area contributed by atoms with Gasteiger partial charge in [-0.25, -0.2) is 18.6 Å². The van der Waals surface area contributed by atoms with Crippen molar-refractivity contribution in [2.45, 2.75) is 26.5 Å². The average Bonchev–Trinajstić information content (AvgIpc) is 3.25. The second kappa shape index (κ2) is 8.10. The van der Waals surface area contributed by atoms with Gasteiger partial charge in [0.1, 0.15) is 35.1 Å². The lowest BCUT2D eigenvalue weighted by Gasteiger charge is -2.12. The van der Waals surface area contributed by atoms with Crippen molar-refractivity contribution in [2.75, 3.05) is 19.8 Å². The van der Waals surface area contributed by atoms with E-state index >= 15 is 0 Å². The second-order valence-corrected chi connectivity index (χ2v) is 8.24. The fraction of sp³-hybridized carbons (Fsp3) is 0.318. The predicted octanol–water partition coefficient (Wildman–Crippen LogP) is 4.21. The molecule has 0 N–H and O–H groups in total. The maximum Gasteiger partial charge on any atom is 0.358 e. The first kappa shape index (κ1) is 20.8. The number of hydrogen-bond acceptors (Lipinski definition) is 7. The van der Waals surface area contributed by atoms with Crippen LogP contribution in [0.3, 0.4) is 0 Å². The third kappa shape index (κ3) is 3.30. The van der Waals surface area contributed by atoms with E-state index in [1.165, 1.54) is 29.5 Å². The van der Waals surface area contributed by atoms with Crippen LogP contribution in [0.25, 0.3) is 5.00 Å². The van der Waals surface area contributed by atoms with E-state index < -0.39 is 23.6 Å². The summed E-state index contributed by atoms with van der Waals surface area (Å²) in [4.78, 5) is 21.4. The maximum atomic E-state index is 14.9. The van der Waals surface area contributed by atoms with E-state index in [-0.39, 0.29) is 30.2 Å². The smallest absolute Gasteiger partial charge is 0.358 e. The van der Waals surface area contributed by atoms with Gasteiger partial charge in [-0.05, 0) is 26.0 Å². The maximum absolute atomic E-state index is 14.9. The van der Waals surface area contributed by atoms with Crippen LogP contribution in [0.1, 0.15) is 52.9 Å². The minimum Gasteiger partial charge on any atom is -0.481 e. The highest BCUT2D eigenvalue weighted by Crippen LogP contribution is 2.44. The molecule has 32 heavy (non-hydrogen) atoms. The van der Waals surface area contributed by atoms with Crippen molar-refractivity contribution in [3.63, 3.8) is 0 Å². The van der Waals surface area contributed by atoms with E-state index in [9.17, 15) is 13.6 Å². The monoisotopic (exact) mass is 459 g/mol. The Hall–Kier alpha value is -3.11. The van der Waals surface area contributed by atoms with Crippen LogP contribution < -0.4 is 4.74 Å². The summed E-state index contributed by atoms with van der Waals surface area (Å²) >= 11 is 1.30. The molecule has 0 bridgehead atoms. The van der Waals surface area contributed by atoms with E-state index in [2.05, 4.69) is 9.98 Å². The molecular weight excluding hydrogens is 440 g/mol. The van der Waals surface area contributed by atoms with Gasteiger partial charge in [0.05, 0.1) is 31.1 Å². The number of carbonyl (C=O) groups excluding carboxylic acids is 1. The highest BCUT2D eigenvalue weighted by molar-refractivity contribution is 7.17. The van der Waals surface area contributed by atoms with Crippen LogP contribution in [0.2, 0.25) is 0 Å². The molecule has 4 heterocycles. The number of rotatable bonds is 3. The number of nitrogens with zero attached hydrogens (tertiary/aromatic N) is 3. The summed E-state index contributed by atoms with van der Waals surface area (Å²) in [5.41, 5.74) is 1.25. The minimum atomic E-state index is -0.718. The highest BCUT2D eigenvalue weighted by atomic mass is 32.1. The standard InChI is InChI=1S/C22H19F2N3O4S/c1-3-30-21(28)15-9-27-19(26-15)11(2)25-18(17-13(23)5-4-6-14(17)24)16-12-10-29-7-8-31-22(12)32-20(16)27/h4-6,9,11H,3,7-8,10H2,1-2H3/t11-/m0/s1. The first-order chi connectivity index (χ1) is 15.5. The molecule has 0 amide bonds. The first-order valence-electron chi connectivity index (χ1n) is 10.1. The quantitative estimate of drug-likeness (QED) is 0.549. The van der Waals surface area contributed by atoms with Gasteiger partial charge in [0, 0.05) is 17.3 Å². The van der Waals surface area contributed by atoms with E-state index in [0.717, 1.165) is 0 Å². The Morgan fingerprint density at radius 3 is 2.81 bits per heavy atom. The number of aromatic nitrogens is 2. The molecule has 0 saturated carbocycles. The summed E-state index contributed by atoms with van der Waals surface area (Å²) < 4.78 is 48.0. The highest BCUT2D eigenvalue weighted by Gasteiger charge is 2.34. The van der Waals surface area contributed by atoms with Gasteiger partial charge in [0.15, 0.2) is 10.8 Å². The molecule has 10 heteroatoms. The summed E-state index contributed by atoms with van der Waals surface area (Å²) in [5.74, 6) is -1.53. The van der Waals surface area contributed by atoms with Crippen molar-refractivity contribution >= 4 is 23.0 Å². The summed E-state index contributed by atoms with van der Waals surface area (Å²) in [5, 5.41) is 1.19. The number of hydrogen-bond donors (Lipinski definition) is 0. The zero-order valence-corrected chi connectivity index (χ0v) is 18.2. The molecule has 5 rings (SSSR count). The van der Waals surface area contributed by atoms with Crippen LogP contribution in [0.15, 0.2) is 29.4 Å². The Morgan fingerprint density at radius 1 is 1.28 bits per heavy atom. The molecule has 0 spiro atoms. The van der Waals surface area contributed by atoms with E-state index in [0.29, 0.717) is 40.2 Å². The Labute approximate surface area is 186 Å². The molecule has 166 valence electrons. The van der Waals surface area contributed by atoms with Gasteiger partial charge in [0.25, 0.3) is 0 Å². The zero-order chi connectivity index (χ0) is 22.4. The second-order valence-electron chi connectivity index (χ2n) is 7.27. The number of imidazole rings is 1. The minimum absolute atomic E-state index is 0.135. The SMILES string of the molecule is CCOC(=O)c1cn2c(n1)[C@H](C)N=C(c1c(F)cccc1F)c1c-2sc2c1COCCO2. The number of halogens is 2. The summed E-state index contributed by atoms with van der Waals surface area (Å²) in [6, 6.07) is 3.12. The summed E-state index contributed by atoms with van der Waals surface area (Å²) in [6.45, 7) is 4.65. The van der Waals surface area contributed by atoms with Crippen molar-refractivity contribution in [3.8, 4) is 10.1 Å². The Balaban J connectivity index is 1.78. The molecule has 2 aliphatic rings. The number of thiophene rings is 1. The number of aliphatic imine (C=N–C) groups is 1.